The van der Waals surface area contributed by atoms with Crippen LogP contribution in [0.25, 0.3) is 142 Å². The number of hydrogen-bond donors (Lipinski definition) is 0. The molecule has 0 atom stereocenters. The molecule has 0 aliphatic heterocycles. The lowest BCUT2D eigenvalue weighted by molar-refractivity contribution is 0.669. The van der Waals surface area contributed by atoms with Crippen molar-refractivity contribution in [2.24, 2.45) is 0 Å². The third-order valence-corrected chi connectivity index (χ3v) is 14.0. The molecule has 0 unspecified atom stereocenters. The van der Waals surface area contributed by atoms with Crippen LogP contribution in [-0.4, -0.2) is 4.98 Å². The van der Waals surface area contributed by atoms with Crippen molar-refractivity contribution < 1.29 is 4.42 Å². The van der Waals surface area contributed by atoms with Crippen molar-refractivity contribution in [1.29, 1.82) is 0 Å². The molecule has 2 heteroatoms. The molecule has 0 radical (unpaired) electrons. The molecule has 310 valence electrons. The summed E-state index contributed by atoms with van der Waals surface area (Å²) in [5.41, 5.74) is 14.0. The van der Waals surface area contributed by atoms with Gasteiger partial charge in [0.05, 0.1) is 11.2 Å². The Balaban J connectivity index is 1.08. The highest BCUT2D eigenvalue weighted by Gasteiger charge is 2.23. The Morgan fingerprint density at radius 2 is 0.761 bits per heavy atom. The smallest absolute Gasteiger partial charge is 0.136 e. The molecular formula is C65H39NO. The number of hydrogen-bond acceptors (Lipinski definition) is 2. The van der Waals surface area contributed by atoms with E-state index in [4.69, 9.17) is 9.40 Å². The Bertz CT molecular complexity index is 4190. The molecule has 0 fully saturated rings. The van der Waals surface area contributed by atoms with Gasteiger partial charge < -0.3 is 4.42 Å². The number of nitrogens with zero attached hydrogens (tertiary/aromatic N) is 1. The summed E-state index contributed by atoms with van der Waals surface area (Å²) in [5, 5.41) is 15.5. The van der Waals surface area contributed by atoms with Gasteiger partial charge in [-0.15, -0.1) is 0 Å². The first-order chi connectivity index (χ1) is 33.2. The number of furan rings is 1. The molecule has 0 N–H and O–H groups in total. The second kappa shape index (κ2) is 14.9. The molecule has 0 amide bonds. The summed E-state index contributed by atoms with van der Waals surface area (Å²) in [6.45, 7) is 0. The quantitative estimate of drug-likeness (QED) is 0.161. The maximum atomic E-state index is 6.77. The molecular weight excluding hydrogens is 811 g/mol. The van der Waals surface area contributed by atoms with Crippen LogP contribution in [0.5, 0.6) is 0 Å². The third-order valence-electron chi connectivity index (χ3n) is 14.0. The Morgan fingerprint density at radius 3 is 1.43 bits per heavy atom. The summed E-state index contributed by atoms with van der Waals surface area (Å²) >= 11 is 0. The van der Waals surface area contributed by atoms with Crippen molar-refractivity contribution >= 4 is 86.7 Å². The summed E-state index contributed by atoms with van der Waals surface area (Å²) in [4.78, 5) is 5.35. The van der Waals surface area contributed by atoms with Gasteiger partial charge >= 0.3 is 0 Å². The predicted octanol–water partition coefficient (Wildman–Crippen LogP) is 18.2. The van der Waals surface area contributed by atoms with Gasteiger partial charge in [-0.3, -0.25) is 0 Å². The number of aromatic nitrogens is 1. The standard InChI is InChI=1S/C65H39NO/c1-2-17-40(18-3-1)65-58-39-61-64(55-30-13-15-32-60(55)67-61)62(63(58)54-29-12-14-31-59(54)66-65)44-22-16-21-41(33-44)45-34-46(56-37-42-19-4-6-23-48(42)50-25-8-10-27-52(50)56)36-47(35-45)57-38-43-20-5-7-24-49(43)51-26-9-11-28-53(51)57/h1-39H. The van der Waals surface area contributed by atoms with E-state index in [-0.39, 0.29) is 0 Å². The lowest BCUT2D eigenvalue weighted by Crippen LogP contribution is -1.93. The van der Waals surface area contributed by atoms with Gasteiger partial charge in [0, 0.05) is 38.1 Å². The van der Waals surface area contributed by atoms with Crippen LogP contribution >= 0.6 is 0 Å². The van der Waals surface area contributed by atoms with Crippen molar-refractivity contribution in [1.82, 2.24) is 4.98 Å². The van der Waals surface area contributed by atoms with Crippen LogP contribution in [0, 0.1) is 0 Å². The molecule has 12 aromatic carbocycles. The zero-order valence-corrected chi connectivity index (χ0v) is 36.4. The van der Waals surface area contributed by atoms with Crippen LogP contribution < -0.4 is 0 Å². The van der Waals surface area contributed by atoms with Crippen molar-refractivity contribution in [3.05, 3.63) is 237 Å². The molecule has 67 heavy (non-hydrogen) atoms. The monoisotopic (exact) mass is 849 g/mol. The SMILES string of the molecule is c1ccc(-c2nc3ccccc3c3c(-c4cccc(-c5cc(-c6cc7ccccc7c7ccccc67)cc(-c6cc7ccccc7c7ccccc67)c5)c4)c4c(cc23)oc2ccccc24)cc1. The Morgan fingerprint density at radius 1 is 0.269 bits per heavy atom. The molecule has 2 aromatic heterocycles. The first kappa shape index (κ1) is 37.5. The summed E-state index contributed by atoms with van der Waals surface area (Å²) in [7, 11) is 0. The average molecular weight is 850 g/mol. The van der Waals surface area contributed by atoms with Gasteiger partial charge in [0.2, 0.25) is 0 Å². The van der Waals surface area contributed by atoms with E-state index in [0.29, 0.717) is 0 Å². The van der Waals surface area contributed by atoms with E-state index in [1.54, 1.807) is 0 Å². The number of para-hydroxylation sites is 2. The zero-order valence-electron chi connectivity index (χ0n) is 36.4. The van der Waals surface area contributed by atoms with Crippen molar-refractivity contribution in [2.75, 3.05) is 0 Å². The second-order valence-electron chi connectivity index (χ2n) is 17.8. The van der Waals surface area contributed by atoms with Crippen LogP contribution in [0.1, 0.15) is 0 Å². The topological polar surface area (TPSA) is 26.0 Å². The largest absolute Gasteiger partial charge is 0.456 e. The molecule has 14 rings (SSSR count). The van der Waals surface area contributed by atoms with E-state index in [0.717, 1.165) is 71.7 Å². The van der Waals surface area contributed by atoms with Gasteiger partial charge in [-0.1, -0.05) is 182 Å². The molecule has 0 saturated heterocycles. The number of rotatable bonds is 5. The minimum Gasteiger partial charge on any atom is -0.456 e. The molecule has 0 saturated carbocycles. The minimum absolute atomic E-state index is 0.846. The van der Waals surface area contributed by atoms with Crippen LogP contribution in [-0.2, 0) is 0 Å². The van der Waals surface area contributed by atoms with Gasteiger partial charge in [-0.25, -0.2) is 4.98 Å². The Kier molecular flexibility index (Phi) is 8.32. The van der Waals surface area contributed by atoms with E-state index >= 15 is 0 Å². The van der Waals surface area contributed by atoms with Gasteiger partial charge in [0.15, 0.2) is 0 Å². The lowest BCUT2D eigenvalue weighted by Gasteiger charge is -2.18. The molecule has 2 heterocycles. The van der Waals surface area contributed by atoms with Crippen LogP contribution in [0.15, 0.2) is 241 Å². The third kappa shape index (κ3) is 5.93. The van der Waals surface area contributed by atoms with Gasteiger partial charge in [-0.05, 0) is 137 Å². The van der Waals surface area contributed by atoms with Crippen LogP contribution in [0.4, 0.5) is 0 Å². The van der Waals surface area contributed by atoms with E-state index in [9.17, 15) is 0 Å². The first-order valence-corrected chi connectivity index (χ1v) is 23.0. The molecule has 0 bridgehead atoms. The minimum atomic E-state index is 0.846. The fraction of sp³-hybridized carbons (Fsp3) is 0. The summed E-state index contributed by atoms with van der Waals surface area (Å²) in [6, 6.07) is 86.2. The fourth-order valence-corrected chi connectivity index (χ4v) is 11.0. The van der Waals surface area contributed by atoms with Crippen LogP contribution in [0.3, 0.4) is 0 Å². The first-order valence-electron chi connectivity index (χ1n) is 23.0. The highest BCUT2D eigenvalue weighted by Crippen LogP contribution is 2.48. The van der Waals surface area contributed by atoms with Gasteiger partial charge in [0.1, 0.15) is 11.2 Å². The average Bonchev–Trinajstić information content (AvgIpc) is 3.78. The van der Waals surface area contributed by atoms with E-state index in [2.05, 4.69) is 237 Å². The van der Waals surface area contributed by atoms with Gasteiger partial charge in [-0.2, -0.15) is 0 Å². The van der Waals surface area contributed by atoms with Crippen molar-refractivity contribution in [3.8, 4) is 55.8 Å². The summed E-state index contributed by atoms with van der Waals surface area (Å²) in [6.07, 6.45) is 0. The predicted molar refractivity (Wildman–Crippen MR) is 284 cm³/mol. The maximum absolute atomic E-state index is 6.77. The van der Waals surface area contributed by atoms with Crippen molar-refractivity contribution in [2.45, 2.75) is 0 Å². The van der Waals surface area contributed by atoms with E-state index in [1.165, 1.54) is 70.7 Å². The molecule has 2 nitrogen and oxygen atoms in total. The normalized spacial score (nSPS) is 11.9. The van der Waals surface area contributed by atoms with Crippen molar-refractivity contribution in [3.63, 3.8) is 0 Å². The van der Waals surface area contributed by atoms with Crippen LogP contribution in [0.2, 0.25) is 0 Å². The maximum Gasteiger partial charge on any atom is 0.136 e. The molecule has 0 spiro atoms. The Labute approximate surface area is 386 Å². The highest BCUT2D eigenvalue weighted by molar-refractivity contribution is 6.28. The Hall–Kier alpha value is -8.85. The zero-order chi connectivity index (χ0) is 44.0. The number of benzene rings is 12. The van der Waals surface area contributed by atoms with E-state index < -0.39 is 0 Å². The number of pyridine rings is 1. The fourth-order valence-electron chi connectivity index (χ4n) is 11.0. The number of fused-ring (bicyclic) bond motifs is 12. The molecule has 14 aromatic rings. The second-order valence-corrected chi connectivity index (χ2v) is 17.8. The summed E-state index contributed by atoms with van der Waals surface area (Å²) in [5.74, 6) is 0. The van der Waals surface area contributed by atoms with E-state index in [1.807, 2.05) is 0 Å². The molecule has 0 aliphatic carbocycles. The lowest BCUT2D eigenvalue weighted by atomic mass is 9.86. The molecule has 0 aliphatic rings. The van der Waals surface area contributed by atoms with Gasteiger partial charge in [0.25, 0.3) is 0 Å². The highest BCUT2D eigenvalue weighted by atomic mass is 16.3. The summed E-state index contributed by atoms with van der Waals surface area (Å²) < 4.78 is 6.77.